The molecule has 2 saturated carbocycles. The summed E-state index contributed by atoms with van der Waals surface area (Å²) in [6.45, 7) is 4.80. The second kappa shape index (κ2) is 4.22. The lowest BCUT2D eigenvalue weighted by Crippen LogP contribution is -2.39. The molecule has 0 aliphatic heterocycles. The summed E-state index contributed by atoms with van der Waals surface area (Å²) in [6, 6.07) is 0.505. The van der Waals surface area contributed by atoms with Crippen molar-refractivity contribution in [3.63, 3.8) is 0 Å². The average Bonchev–Trinajstić information content (AvgIpc) is 2.73. The average molecular weight is 195 g/mol. The van der Waals surface area contributed by atoms with Crippen LogP contribution in [0.1, 0.15) is 52.4 Å². The molecular weight excluding hydrogens is 170 g/mol. The van der Waals surface area contributed by atoms with E-state index in [0.717, 1.165) is 23.7 Å². The first-order chi connectivity index (χ1) is 6.70. The maximum absolute atomic E-state index is 6.47. The van der Waals surface area contributed by atoms with Crippen LogP contribution in [0.25, 0.3) is 0 Å². The van der Waals surface area contributed by atoms with Gasteiger partial charge >= 0.3 is 0 Å². The van der Waals surface area contributed by atoms with Crippen molar-refractivity contribution in [1.29, 1.82) is 0 Å². The minimum absolute atomic E-state index is 0.505. The Labute approximate surface area is 88.4 Å². The van der Waals surface area contributed by atoms with Gasteiger partial charge in [-0.25, -0.2) is 0 Å². The van der Waals surface area contributed by atoms with Crippen LogP contribution in [0.4, 0.5) is 0 Å². The second-order valence-electron chi connectivity index (χ2n) is 5.72. The molecular formula is C13H25N. The van der Waals surface area contributed by atoms with Crippen LogP contribution < -0.4 is 5.73 Å². The highest BCUT2D eigenvalue weighted by Crippen LogP contribution is 2.41. The fourth-order valence-electron chi connectivity index (χ4n) is 3.81. The molecule has 2 aliphatic rings. The van der Waals surface area contributed by atoms with E-state index in [1.807, 2.05) is 0 Å². The Balaban J connectivity index is 1.96. The maximum Gasteiger partial charge on any atom is 0.0101 e. The van der Waals surface area contributed by atoms with E-state index in [1.54, 1.807) is 0 Å². The third kappa shape index (κ3) is 1.84. The molecule has 2 aliphatic carbocycles. The third-order valence-electron chi connectivity index (χ3n) is 4.84. The number of rotatable bonds is 2. The smallest absolute Gasteiger partial charge is 0.0101 e. The molecule has 0 bridgehead atoms. The molecule has 0 aromatic heterocycles. The maximum atomic E-state index is 6.47. The van der Waals surface area contributed by atoms with Crippen molar-refractivity contribution in [3.05, 3.63) is 0 Å². The Hall–Kier alpha value is -0.0400. The zero-order valence-corrected chi connectivity index (χ0v) is 9.71. The molecule has 2 rings (SSSR count). The zero-order valence-electron chi connectivity index (χ0n) is 9.71. The molecule has 5 atom stereocenters. The lowest BCUT2D eigenvalue weighted by molar-refractivity contribution is 0.232. The monoisotopic (exact) mass is 195 g/mol. The van der Waals surface area contributed by atoms with Crippen molar-refractivity contribution in [2.75, 3.05) is 0 Å². The van der Waals surface area contributed by atoms with Crippen molar-refractivity contribution in [2.45, 2.75) is 58.4 Å². The van der Waals surface area contributed by atoms with Gasteiger partial charge in [0.2, 0.25) is 0 Å². The van der Waals surface area contributed by atoms with Crippen molar-refractivity contribution >= 4 is 0 Å². The predicted molar refractivity (Wildman–Crippen MR) is 61.0 cm³/mol. The highest BCUT2D eigenvalue weighted by Gasteiger charge is 2.37. The van der Waals surface area contributed by atoms with E-state index >= 15 is 0 Å². The van der Waals surface area contributed by atoms with Gasteiger partial charge in [0.25, 0.3) is 0 Å². The van der Waals surface area contributed by atoms with Gasteiger partial charge in [-0.1, -0.05) is 39.5 Å². The Bertz CT molecular complexity index is 170. The summed E-state index contributed by atoms with van der Waals surface area (Å²) < 4.78 is 0. The molecule has 82 valence electrons. The molecule has 0 amide bonds. The Morgan fingerprint density at radius 1 is 0.857 bits per heavy atom. The molecule has 0 spiro atoms. The van der Waals surface area contributed by atoms with E-state index in [0.29, 0.717) is 6.04 Å². The number of hydrogen-bond donors (Lipinski definition) is 1. The molecule has 0 saturated heterocycles. The van der Waals surface area contributed by atoms with Gasteiger partial charge in [0.15, 0.2) is 0 Å². The second-order valence-corrected chi connectivity index (χ2v) is 5.72. The van der Waals surface area contributed by atoms with Crippen LogP contribution in [0.15, 0.2) is 0 Å². The van der Waals surface area contributed by atoms with Gasteiger partial charge in [-0.2, -0.15) is 0 Å². The van der Waals surface area contributed by atoms with Crippen molar-refractivity contribution in [2.24, 2.45) is 29.4 Å². The third-order valence-corrected chi connectivity index (χ3v) is 4.84. The topological polar surface area (TPSA) is 26.0 Å². The molecule has 2 N–H and O–H groups in total. The van der Waals surface area contributed by atoms with Crippen molar-refractivity contribution in [1.82, 2.24) is 0 Å². The molecule has 2 fully saturated rings. The number of hydrogen-bond acceptors (Lipinski definition) is 1. The lowest BCUT2D eigenvalue weighted by Gasteiger charge is -2.31. The van der Waals surface area contributed by atoms with Gasteiger partial charge in [-0.15, -0.1) is 0 Å². The highest BCUT2D eigenvalue weighted by molar-refractivity contribution is 4.91. The first kappa shape index (κ1) is 10.5. The summed E-state index contributed by atoms with van der Waals surface area (Å²) in [5.41, 5.74) is 6.47. The summed E-state index contributed by atoms with van der Waals surface area (Å²) in [7, 11) is 0. The van der Waals surface area contributed by atoms with Crippen LogP contribution in [-0.4, -0.2) is 6.04 Å². The van der Waals surface area contributed by atoms with Gasteiger partial charge in [-0.3, -0.25) is 0 Å². The largest absolute Gasteiger partial charge is 0.327 e. The van der Waals surface area contributed by atoms with Crippen LogP contribution in [-0.2, 0) is 0 Å². The van der Waals surface area contributed by atoms with Crippen LogP contribution >= 0.6 is 0 Å². The summed E-state index contributed by atoms with van der Waals surface area (Å²) in [5, 5.41) is 0. The summed E-state index contributed by atoms with van der Waals surface area (Å²) in [6.07, 6.45) is 8.46. The van der Waals surface area contributed by atoms with Gasteiger partial charge in [0.1, 0.15) is 0 Å². The highest BCUT2D eigenvalue weighted by atomic mass is 14.7. The van der Waals surface area contributed by atoms with Crippen LogP contribution in [0.3, 0.4) is 0 Å². The van der Waals surface area contributed by atoms with E-state index in [-0.39, 0.29) is 0 Å². The predicted octanol–water partition coefficient (Wildman–Crippen LogP) is 3.19. The standard InChI is InChI=1S/C13H25N/c1-9-5-3-7-11(9)13(14)12-8-4-6-10(12)2/h9-13H,3-8,14H2,1-2H3/t9?,10?,11-,12?,13?/m1/s1. The van der Waals surface area contributed by atoms with Gasteiger partial charge in [0.05, 0.1) is 0 Å². The first-order valence-electron chi connectivity index (χ1n) is 6.45. The first-order valence-corrected chi connectivity index (χ1v) is 6.45. The van der Waals surface area contributed by atoms with E-state index in [2.05, 4.69) is 13.8 Å². The van der Waals surface area contributed by atoms with Crippen LogP contribution in [0.5, 0.6) is 0 Å². The summed E-state index contributed by atoms with van der Waals surface area (Å²) in [5.74, 6) is 3.44. The van der Waals surface area contributed by atoms with Crippen LogP contribution in [0, 0.1) is 23.7 Å². The SMILES string of the molecule is CC1CCCC1C(N)[C@@H]1CCCC1C. The van der Waals surface area contributed by atoms with E-state index in [9.17, 15) is 0 Å². The quantitative estimate of drug-likeness (QED) is 0.719. The molecule has 4 unspecified atom stereocenters. The molecule has 0 aromatic carbocycles. The fraction of sp³-hybridized carbons (Fsp3) is 1.00. The Morgan fingerprint density at radius 2 is 1.29 bits per heavy atom. The fourth-order valence-corrected chi connectivity index (χ4v) is 3.81. The van der Waals surface area contributed by atoms with Crippen molar-refractivity contribution in [3.8, 4) is 0 Å². The Kier molecular flexibility index (Phi) is 3.16. The van der Waals surface area contributed by atoms with E-state index in [1.165, 1.54) is 38.5 Å². The minimum atomic E-state index is 0.505. The van der Waals surface area contributed by atoms with Gasteiger partial charge in [0, 0.05) is 6.04 Å². The minimum Gasteiger partial charge on any atom is -0.327 e. The molecule has 0 heterocycles. The van der Waals surface area contributed by atoms with E-state index in [4.69, 9.17) is 5.73 Å². The van der Waals surface area contributed by atoms with E-state index < -0.39 is 0 Å². The molecule has 0 radical (unpaired) electrons. The zero-order chi connectivity index (χ0) is 10.1. The van der Waals surface area contributed by atoms with Gasteiger partial charge < -0.3 is 5.73 Å². The molecule has 14 heavy (non-hydrogen) atoms. The molecule has 0 aromatic rings. The lowest BCUT2D eigenvalue weighted by atomic mass is 9.79. The van der Waals surface area contributed by atoms with Gasteiger partial charge in [-0.05, 0) is 36.5 Å². The Morgan fingerprint density at radius 3 is 1.57 bits per heavy atom. The van der Waals surface area contributed by atoms with Crippen molar-refractivity contribution < 1.29 is 0 Å². The number of nitrogens with two attached hydrogens (primary N) is 1. The molecule has 1 heteroatoms. The van der Waals surface area contributed by atoms with Crippen LogP contribution in [0.2, 0.25) is 0 Å². The summed E-state index contributed by atoms with van der Waals surface area (Å²) in [4.78, 5) is 0. The normalized spacial score (nSPS) is 45.6. The summed E-state index contributed by atoms with van der Waals surface area (Å²) >= 11 is 0. The molecule has 1 nitrogen and oxygen atoms in total.